The van der Waals surface area contributed by atoms with Crippen molar-refractivity contribution in [3.63, 3.8) is 0 Å². The average molecular weight is 270 g/mol. The van der Waals surface area contributed by atoms with Gasteiger partial charge in [0.2, 0.25) is 0 Å². The van der Waals surface area contributed by atoms with Crippen molar-refractivity contribution in [3.8, 4) is 5.75 Å². The number of aryl methyl sites for hydroxylation is 2. The van der Waals surface area contributed by atoms with Gasteiger partial charge in [0, 0.05) is 12.1 Å². The van der Waals surface area contributed by atoms with Crippen LogP contribution in [-0.4, -0.2) is 22.2 Å². The van der Waals surface area contributed by atoms with Gasteiger partial charge in [0.05, 0.1) is 17.8 Å². The Morgan fingerprint density at radius 2 is 2.20 bits per heavy atom. The normalized spacial score (nSPS) is 16.9. The lowest BCUT2D eigenvalue weighted by Gasteiger charge is -2.12. The Hall–Kier alpha value is -2.10. The summed E-state index contributed by atoms with van der Waals surface area (Å²) < 4.78 is 7.83. The molecule has 20 heavy (non-hydrogen) atoms. The molecule has 0 fully saturated rings. The van der Waals surface area contributed by atoms with Crippen molar-refractivity contribution in [2.24, 2.45) is 0 Å². The minimum Gasteiger partial charge on any atom is -0.488 e. The molecule has 1 unspecified atom stereocenters. The van der Waals surface area contributed by atoms with Crippen LogP contribution in [-0.2, 0) is 13.0 Å². The molecule has 0 amide bonds. The monoisotopic (exact) mass is 270 g/mol. The van der Waals surface area contributed by atoms with Gasteiger partial charge in [-0.05, 0) is 32.4 Å². The molecule has 0 N–H and O–H groups in total. The summed E-state index contributed by atoms with van der Waals surface area (Å²) in [5.74, 6) is 0.970. The minimum absolute atomic E-state index is 0.0873. The third-order valence-corrected chi connectivity index (χ3v) is 3.89. The highest BCUT2D eigenvalue weighted by atomic mass is 16.5. The van der Waals surface area contributed by atoms with E-state index in [1.54, 1.807) is 0 Å². The van der Waals surface area contributed by atoms with E-state index in [1.165, 1.54) is 11.1 Å². The molecule has 1 atom stereocenters. The third-order valence-electron chi connectivity index (χ3n) is 3.89. The van der Waals surface area contributed by atoms with Gasteiger partial charge in [-0.1, -0.05) is 17.7 Å². The lowest BCUT2D eigenvalue weighted by molar-refractivity contribution is 0.112. The quantitative estimate of drug-likeness (QED) is 0.805. The van der Waals surface area contributed by atoms with Crippen molar-refractivity contribution < 1.29 is 9.53 Å². The van der Waals surface area contributed by atoms with Crippen LogP contribution >= 0.6 is 0 Å². The maximum Gasteiger partial charge on any atom is 0.153 e. The fraction of sp³-hybridized carbons (Fsp3) is 0.375. The van der Waals surface area contributed by atoms with Crippen LogP contribution in [0.5, 0.6) is 5.75 Å². The van der Waals surface area contributed by atoms with Crippen molar-refractivity contribution in [1.82, 2.24) is 9.78 Å². The van der Waals surface area contributed by atoms with Crippen molar-refractivity contribution in [2.45, 2.75) is 39.8 Å². The zero-order chi connectivity index (χ0) is 14.3. The Morgan fingerprint density at radius 3 is 2.90 bits per heavy atom. The topological polar surface area (TPSA) is 44.1 Å². The predicted molar refractivity (Wildman–Crippen MR) is 76.4 cm³/mol. The van der Waals surface area contributed by atoms with Gasteiger partial charge in [-0.25, -0.2) is 0 Å². The van der Waals surface area contributed by atoms with Crippen molar-refractivity contribution in [1.29, 1.82) is 0 Å². The molecule has 1 aromatic heterocycles. The van der Waals surface area contributed by atoms with E-state index in [0.717, 1.165) is 29.8 Å². The zero-order valence-corrected chi connectivity index (χ0v) is 12.0. The van der Waals surface area contributed by atoms with Gasteiger partial charge >= 0.3 is 0 Å². The fourth-order valence-corrected chi connectivity index (χ4v) is 2.80. The molecule has 4 heteroatoms. The van der Waals surface area contributed by atoms with Crippen LogP contribution in [0.25, 0.3) is 0 Å². The molecule has 4 nitrogen and oxygen atoms in total. The number of aromatic nitrogens is 2. The first kappa shape index (κ1) is 12.9. The van der Waals surface area contributed by atoms with Crippen LogP contribution in [0.1, 0.15) is 32.9 Å². The lowest BCUT2D eigenvalue weighted by Crippen LogP contribution is -2.22. The van der Waals surface area contributed by atoms with Crippen LogP contribution in [0, 0.1) is 20.8 Å². The van der Waals surface area contributed by atoms with Crippen molar-refractivity contribution in [3.05, 3.63) is 46.3 Å². The molecule has 0 spiro atoms. The van der Waals surface area contributed by atoms with Gasteiger partial charge in [0.15, 0.2) is 6.29 Å². The molecule has 1 aromatic carbocycles. The number of carbonyl (C=O) groups excluding carboxylic acids is 1. The first-order chi connectivity index (χ1) is 9.58. The number of nitrogens with zero attached hydrogens (tertiary/aromatic N) is 2. The second-order valence-corrected chi connectivity index (χ2v) is 5.44. The smallest absolute Gasteiger partial charge is 0.153 e. The number of rotatable bonds is 3. The number of hydrogen-bond donors (Lipinski definition) is 0. The summed E-state index contributed by atoms with van der Waals surface area (Å²) in [6.07, 6.45) is 1.86. The summed E-state index contributed by atoms with van der Waals surface area (Å²) in [5.41, 5.74) is 4.89. The summed E-state index contributed by atoms with van der Waals surface area (Å²) in [6, 6.07) is 6.27. The summed E-state index contributed by atoms with van der Waals surface area (Å²) in [6.45, 7) is 6.55. The highest BCUT2D eigenvalue weighted by Crippen LogP contribution is 2.30. The second kappa shape index (κ2) is 4.78. The highest BCUT2D eigenvalue weighted by Gasteiger charge is 2.24. The fourth-order valence-electron chi connectivity index (χ4n) is 2.80. The van der Waals surface area contributed by atoms with E-state index in [2.05, 4.69) is 24.2 Å². The largest absolute Gasteiger partial charge is 0.488 e. The molecule has 0 radical (unpaired) electrons. The van der Waals surface area contributed by atoms with E-state index in [-0.39, 0.29) is 6.10 Å². The number of fused-ring (bicyclic) bond motifs is 1. The van der Waals surface area contributed by atoms with E-state index < -0.39 is 0 Å². The molecule has 1 aliphatic heterocycles. The Bertz CT molecular complexity index is 673. The predicted octanol–water partition coefficient (Wildman–Crippen LogP) is 2.62. The van der Waals surface area contributed by atoms with Gasteiger partial charge in [-0.2, -0.15) is 5.10 Å². The minimum atomic E-state index is 0.0873. The molecule has 0 bridgehead atoms. The second-order valence-electron chi connectivity index (χ2n) is 5.44. The van der Waals surface area contributed by atoms with E-state index in [9.17, 15) is 4.79 Å². The van der Waals surface area contributed by atoms with E-state index in [4.69, 9.17) is 4.74 Å². The first-order valence-corrected chi connectivity index (χ1v) is 6.84. The Labute approximate surface area is 118 Å². The van der Waals surface area contributed by atoms with Gasteiger partial charge < -0.3 is 4.74 Å². The standard InChI is InChI=1S/C16H18N2O2/c1-10-4-5-16-13(6-10)7-14(20-16)8-18-12(3)15(9-19)11(2)17-18/h4-6,9,14H,7-8H2,1-3H3. The maximum absolute atomic E-state index is 11.0. The first-order valence-electron chi connectivity index (χ1n) is 6.84. The van der Waals surface area contributed by atoms with E-state index in [0.29, 0.717) is 12.1 Å². The van der Waals surface area contributed by atoms with Crippen molar-refractivity contribution in [2.75, 3.05) is 0 Å². The zero-order valence-electron chi connectivity index (χ0n) is 12.0. The van der Waals surface area contributed by atoms with Gasteiger partial charge in [0.25, 0.3) is 0 Å². The molecule has 3 rings (SSSR count). The number of hydrogen-bond acceptors (Lipinski definition) is 3. The SMILES string of the molecule is Cc1ccc2c(c1)CC(Cn1nc(C)c(C=O)c1C)O2. The Balaban J connectivity index is 1.80. The van der Waals surface area contributed by atoms with Crippen LogP contribution < -0.4 is 4.74 Å². The number of carbonyl (C=O) groups is 1. The van der Waals surface area contributed by atoms with Gasteiger partial charge in [-0.3, -0.25) is 9.48 Å². The summed E-state index contributed by atoms with van der Waals surface area (Å²) in [7, 11) is 0. The highest BCUT2D eigenvalue weighted by molar-refractivity contribution is 5.78. The van der Waals surface area contributed by atoms with Crippen molar-refractivity contribution >= 4 is 6.29 Å². The van der Waals surface area contributed by atoms with Crippen LogP contribution in [0.3, 0.4) is 0 Å². The molecule has 2 heterocycles. The summed E-state index contributed by atoms with van der Waals surface area (Å²) in [5, 5.41) is 4.43. The molecule has 0 saturated carbocycles. The number of ether oxygens (including phenoxy) is 1. The van der Waals surface area contributed by atoms with E-state index >= 15 is 0 Å². The van der Waals surface area contributed by atoms with Crippen LogP contribution in [0.2, 0.25) is 0 Å². The molecule has 0 aliphatic carbocycles. The van der Waals surface area contributed by atoms with Gasteiger partial charge in [0.1, 0.15) is 11.9 Å². The molecule has 0 saturated heterocycles. The lowest BCUT2D eigenvalue weighted by atomic mass is 10.1. The summed E-state index contributed by atoms with van der Waals surface area (Å²) >= 11 is 0. The third kappa shape index (κ3) is 2.11. The van der Waals surface area contributed by atoms with Crippen LogP contribution in [0.4, 0.5) is 0 Å². The number of aldehydes is 1. The average Bonchev–Trinajstić information content (AvgIpc) is 2.91. The van der Waals surface area contributed by atoms with E-state index in [1.807, 2.05) is 24.6 Å². The summed E-state index contributed by atoms with van der Waals surface area (Å²) in [4.78, 5) is 11.0. The Morgan fingerprint density at radius 1 is 1.40 bits per heavy atom. The molecule has 104 valence electrons. The maximum atomic E-state index is 11.0. The molecular formula is C16H18N2O2. The number of benzene rings is 1. The molecule has 2 aromatic rings. The molecular weight excluding hydrogens is 252 g/mol. The van der Waals surface area contributed by atoms with Crippen LogP contribution in [0.15, 0.2) is 18.2 Å². The van der Waals surface area contributed by atoms with Gasteiger partial charge in [-0.15, -0.1) is 0 Å². The Kier molecular flexibility index (Phi) is 3.08. The molecule has 1 aliphatic rings.